The van der Waals surface area contributed by atoms with Crippen LogP contribution in [-0.2, 0) is 0 Å². The molecule has 1 aromatic carbocycles. The van der Waals surface area contributed by atoms with E-state index in [0.29, 0.717) is 5.69 Å². The third-order valence-electron chi connectivity index (χ3n) is 1.89. The van der Waals surface area contributed by atoms with Gasteiger partial charge in [0.1, 0.15) is 0 Å². The summed E-state index contributed by atoms with van der Waals surface area (Å²) in [5, 5.41) is 12.9. The van der Waals surface area contributed by atoms with Gasteiger partial charge in [-0.1, -0.05) is 12.1 Å². The van der Waals surface area contributed by atoms with Gasteiger partial charge in [0.25, 0.3) is 0 Å². The van der Waals surface area contributed by atoms with Gasteiger partial charge in [-0.05, 0) is 18.2 Å². The number of benzene rings is 1. The molecule has 0 bridgehead atoms. The van der Waals surface area contributed by atoms with E-state index in [0.717, 1.165) is 0 Å². The summed E-state index contributed by atoms with van der Waals surface area (Å²) in [6.45, 7) is 0. The highest BCUT2D eigenvalue weighted by molar-refractivity contribution is 5.91. The Morgan fingerprint density at radius 1 is 1.27 bits per heavy atom. The lowest BCUT2D eigenvalue weighted by molar-refractivity contribution is 0.0696. The van der Waals surface area contributed by atoms with Crippen molar-refractivity contribution in [1.82, 2.24) is 9.78 Å². The van der Waals surface area contributed by atoms with E-state index >= 15 is 0 Å². The van der Waals surface area contributed by atoms with Crippen molar-refractivity contribution in [2.75, 3.05) is 0 Å². The fourth-order valence-corrected chi connectivity index (χ4v) is 1.27. The first-order chi connectivity index (χ1) is 6.79. The molecule has 0 saturated heterocycles. The molecule has 0 amide bonds. The average molecular weight is 225 g/mol. The van der Waals surface area contributed by atoms with E-state index in [-0.39, 0.29) is 18.0 Å². The van der Waals surface area contributed by atoms with Crippen LogP contribution >= 0.6 is 12.4 Å². The largest absolute Gasteiger partial charge is 0.478 e. The second-order valence-corrected chi connectivity index (χ2v) is 2.77. The number of aromatic nitrogens is 2. The highest BCUT2D eigenvalue weighted by Crippen LogP contribution is 2.12. The maximum atomic E-state index is 10.9. The van der Waals surface area contributed by atoms with Crippen LogP contribution in [0.15, 0.2) is 42.7 Å². The molecule has 0 radical (unpaired) electrons. The van der Waals surface area contributed by atoms with Crippen molar-refractivity contribution in [2.24, 2.45) is 0 Å². The monoisotopic (exact) mass is 224 g/mol. The van der Waals surface area contributed by atoms with Crippen molar-refractivity contribution in [3.63, 3.8) is 0 Å². The third kappa shape index (κ3) is 2.16. The number of rotatable bonds is 2. The van der Waals surface area contributed by atoms with Gasteiger partial charge in [0.05, 0.1) is 11.3 Å². The number of hydrogen-bond donors (Lipinski definition) is 1. The molecule has 2 rings (SSSR count). The number of halogens is 1. The van der Waals surface area contributed by atoms with Crippen molar-refractivity contribution in [2.45, 2.75) is 0 Å². The van der Waals surface area contributed by atoms with Crippen LogP contribution < -0.4 is 0 Å². The first kappa shape index (κ1) is 11.3. The Morgan fingerprint density at radius 3 is 2.60 bits per heavy atom. The van der Waals surface area contributed by atoms with E-state index in [4.69, 9.17) is 5.11 Å². The molecular formula is C10H9ClN2O2. The molecule has 1 aromatic heterocycles. The smallest absolute Gasteiger partial charge is 0.337 e. The number of para-hydroxylation sites is 1. The van der Waals surface area contributed by atoms with Gasteiger partial charge in [0.2, 0.25) is 0 Å². The molecule has 1 N–H and O–H groups in total. The Hall–Kier alpha value is -1.81. The van der Waals surface area contributed by atoms with Gasteiger partial charge in [0, 0.05) is 12.4 Å². The summed E-state index contributed by atoms with van der Waals surface area (Å²) in [5.41, 5.74) is 0.821. The van der Waals surface area contributed by atoms with E-state index in [1.165, 1.54) is 4.68 Å². The van der Waals surface area contributed by atoms with Crippen LogP contribution in [0.2, 0.25) is 0 Å². The molecular weight excluding hydrogens is 216 g/mol. The Balaban J connectivity index is 0.00000112. The van der Waals surface area contributed by atoms with Crippen molar-refractivity contribution in [3.8, 4) is 5.69 Å². The summed E-state index contributed by atoms with van der Waals surface area (Å²) >= 11 is 0. The lowest BCUT2D eigenvalue weighted by Crippen LogP contribution is -2.05. The molecule has 0 aliphatic rings. The Morgan fingerprint density at radius 2 is 2.00 bits per heavy atom. The second-order valence-electron chi connectivity index (χ2n) is 2.77. The van der Waals surface area contributed by atoms with Crippen molar-refractivity contribution >= 4 is 18.4 Å². The van der Waals surface area contributed by atoms with Crippen LogP contribution in [0.3, 0.4) is 0 Å². The third-order valence-corrected chi connectivity index (χ3v) is 1.89. The summed E-state index contributed by atoms with van der Waals surface area (Å²) in [4.78, 5) is 10.9. The molecule has 0 saturated carbocycles. The van der Waals surface area contributed by atoms with Crippen molar-refractivity contribution < 1.29 is 9.90 Å². The Labute approximate surface area is 92.6 Å². The predicted molar refractivity (Wildman–Crippen MR) is 57.8 cm³/mol. The second kappa shape index (κ2) is 4.61. The molecule has 4 nitrogen and oxygen atoms in total. The van der Waals surface area contributed by atoms with E-state index < -0.39 is 5.97 Å². The highest BCUT2D eigenvalue weighted by atomic mass is 35.5. The minimum absolute atomic E-state index is 0. The Kier molecular flexibility index (Phi) is 3.46. The number of nitrogens with zero attached hydrogens (tertiary/aromatic N) is 2. The first-order valence-electron chi connectivity index (χ1n) is 4.11. The number of carbonyl (C=O) groups is 1. The molecule has 78 valence electrons. The van der Waals surface area contributed by atoms with Crippen LogP contribution in [-0.4, -0.2) is 20.9 Å². The summed E-state index contributed by atoms with van der Waals surface area (Å²) in [6.07, 6.45) is 3.32. The lowest BCUT2D eigenvalue weighted by atomic mass is 10.2. The standard InChI is InChI=1S/C10H8N2O2.ClH/c13-10(14)8-4-1-2-5-9(8)12-7-3-6-11-12;/h1-7H,(H,13,14);1H. The average Bonchev–Trinajstić information content (AvgIpc) is 2.70. The van der Waals surface area contributed by atoms with Crippen LogP contribution in [0.5, 0.6) is 0 Å². The van der Waals surface area contributed by atoms with E-state index in [9.17, 15) is 4.79 Å². The molecule has 0 unspecified atom stereocenters. The van der Waals surface area contributed by atoms with Gasteiger partial charge in [-0.25, -0.2) is 9.48 Å². The fourth-order valence-electron chi connectivity index (χ4n) is 1.27. The normalized spacial score (nSPS) is 9.33. The zero-order valence-electron chi connectivity index (χ0n) is 7.70. The van der Waals surface area contributed by atoms with Gasteiger partial charge >= 0.3 is 5.97 Å². The fraction of sp³-hybridized carbons (Fsp3) is 0. The zero-order chi connectivity index (χ0) is 9.97. The molecule has 1 heterocycles. The van der Waals surface area contributed by atoms with Crippen LogP contribution in [0, 0.1) is 0 Å². The maximum Gasteiger partial charge on any atom is 0.337 e. The topological polar surface area (TPSA) is 55.1 Å². The van der Waals surface area contributed by atoms with Gasteiger partial charge in [0.15, 0.2) is 0 Å². The van der Waals surface area contributed by atoms with E-state index in [1.54, 1.807) is 42.7 Å². The Bertz CT molecular complexity index is 454. The summed E-state index contributed by atoms with van der Waals surface area (Å²) in [5.74, 6) is -0.948. The number of carboxylic acids is 1. The number of hydrogen-bond acceptors (Lipinski definition) is 2. The number of carboxylic acid groups (broad SMARTS) is 1. The van der Waals surface area contributed by atoms with Gasteiger partial charge in [-0.15, -0.1) is 12.4 Å². The predicted octanol–water partition coefficient (Wildman–Crippen LogP) is 1.99. The summed E-state index contributed by atoms with van der Waals surface area (Å²) in [7, 11) is 0. The minimum atomic E-state index is -0.948. The van der Waals surface area contributed by atoms with E-state index in [2.05, 4.69) is 5.10 Å². The minimum Gasteiger partial charge on any atom is -0.478 e. The maximum absolute atomic E-state index is 10.9. The highest BCUT2D eigenvalue weighted by Gasteiger charge is 2.09. The van der Waals surface area contributed by atoms with E-state index in [1.807, 2.05) is 0 Å². The zero-order valence-corrected chi connectivity index (χ0v) is 8.52. The van der Waals surface area contributed by atoms with Crippen LogP contribution in [0.25, 0.3) is 5.69 Å². The molecule has 0 atom stereocenters. The number of aromatic carboxylic acids is 1. The van der Waals surface area contributed by atoms with Gasteiger partial charge < -0.3 is 5.11 Å². The SMILES string of the molecule is Cl.O=C(O)c1ccccc1-n1cccn1. The van der Waals surface area contributed by atoms with Crippen LogP contribution in [0.1, 0.15) is 10.4 Å². The van der Waals surface area contributed by atoms with Gasteiger partial charge in [-0.3, -0.25) is 0 Å². The quantitative estimate of drug-likeness (QED) is 0.849. The molecule has 5 heteroatoms. The molecule has 0 aliphatic heterocycles. The molecule has 0 spiro atoms. The molecule has 2 aromatic rings. The molecule has 0 fully saturated rings. The van der Waals surface area contributed by atoms with Crippen molar-refractivity contribution in [3.05, 3.63) is 48.3 Å². The molecule has 15 heavy (non-hydrogen) atoms. The first-order valence-corrected chi connectivity index (χ1v) is 4.11. The van der Waals surface area contributed by atoms with Crippen molar-refractivity contribution in [1.29, 1.82) is 0 Å². The van der Waals surface area contributed by atoms with Crippen LogP contribution in [0.4, 0.5) is 0 Å². The summed E-state index contributed by atoms with van der Waals surface area (Å²) < 4.78 is 1.53. The molecule has 0 aliphatic carbocycles. The van der Waals surface area contributed by atoms with Gasteiger partial charge in [-0.2, -0.15) is 5.10 Å². The lowest BCUT2D eigenvalue weighted by Gasteiger charge is -2.04. The summed E-state index contributed by atoms with van der Waals surface area (Å²) in [6, 6.07) is 8.49.